The number of rotatable bonds is 2. The van der Waals surface area contributed by atoms with Crippen molar-refractivity contribution in [3.05, 3.63) is 48.4 Å². The van der Waals surface area contributed by atoms with Crippen molar-refractivity contribution in [2.45, 2.75) is 0 Å². The molecule has 88 valence electrons. The third kappa shape index (κ3) is 1.62. The van der Waals surface area contributed by atoms with Crippen LogP contribution in [0.1, 0.15) is 10.5 Å². The number of aromatic carboxylic acids is 1. The predicted molar refractivity (Wildman–Crippen MR) is 66.3 cm³/mol. The molecule has 2 heterocycles. The number of pyridine rings is 1. The van der Waals surface area contributed by atoms with Gasteiger partial charge in [-0.3, -0.25) is 4.98 Å². The van der Waals surface area contributed by atoms with Gasteiger partial charge in [0, 0.05) is 11.6 Å². The van der Waals surface area contributed by atoms with E-state index in [4.69, 9.17) is 5.11 Å². The number of carboxylic acid groups (broad SMARTS) is 1. The lowest BCUT2D eigenvalue weighted by atomic mass is 10.1. The van der Waals surface area contributed by atoms with Crippen LogP contribution in [0.4, 0.5) is 0 Å². The van der Waals surface area contributed by atoms with Crippen molar-refractivity contribution in [1.29, 1.82) is 0 Å². The Morgan fingerprint density at radius 3 is 2.78 bits per heavy atom. The average molecular weight is 239 g/mol. The maximum Gasteiger partial charge on any atom is 0.353 e. The minimum absolute atomic E-state index is 0.0553. The Balaban J connectivity index is 2.21. The van der Waals surface area contributed by atoms with Gasteiger partial charge >= 0.3 is 5.97 Å². The fraction of sp³-hybridized carbons (Fsp3) is 0. The number of nitrogens with zero attached hydrogens (tertiary/aromatic N) is 2. The molecule has 3 rings (SSSR count). The highest BCUT2D eigenvalue weighted by atomic mass is 16.4. The zero-order valence-electron chi connectivity index (χ0n) is 9.29. The summed E-state index contributed by atoms with van der Waals surface area (Å²) in [5.41, 5.74) is 0.709. The van der Waals surface area contributed by atoms with Crippen molar-refractivity contribution in [1.82, 2.24) is 15.0 Å². The highest BCUT2D eigenvalue weighted by molar-refractivity contribution is 5.93. The molecule has 0 saturated heterocycles. The quantitative estimate of drug-likeness (QED) is 0.719. The molecule has 0 atom stereocenters. The minimum atomic E-state index is -1.03. The van der Waals surface area contributed by atoms with Crippen molar-refractivity contribution in [2.75, 3.05) is 0 Å². The van der Waals surface area contributed by atoms with E-state index in [9.17, 15) is 4.79 Å². The number of fused-ring (bicyclic) bond motifs is 1. The summed E-state index contributed by atoms with van der Waals surface area (Å²) < 4.78 is 0. The van der Waals surface area contributed by atoms with Gasteiger partial charge in [0.25, 0.3) is 0 Å². The molecular formula is C13H9N3O2. The van der Waals surface area contributed by atoms with Gasteiger partial charge in [-0.2, -0.15) is 0 Å². The van der Waals surface area contributed by atoms with Crippen molar-refractivity contribution in [3.63, 3.8) is 0 Å². The molecule has 3 aromatic rings. The summed E-state index contributed by atoms with van der Waals surface area (Å²) in [6.45, 7) is 0. The van der Waals surface area contributed by atoms with Gasteiger partial charge in [-0.1, -0.05) is 24.3 Å². The molecule has 0 aliphatic carbocycles. The molecule has 0 aliphatic heterocycles. The molecule has 2 aromatic heterocycles. The zero-order chi connectivity index (χ0) is 12.5. The van der Waals surface area contributed by atoms with E-state index in [0.717, 1.165) is 10.8 Å². The Kier molecular flexibility index (Phi) is 2.30. The van der Waals surface area contributed by atoms with Crippen molar-refractivity contribution in [3.8, 4) is 11.5 Å². The van der Waals surface area contributed by atoms with E-state index in [-0.39, 0.29) is 5.69 Å². The van der Waals surface area contributed by atoms with Crippen LogP contribution in [-0.2, 0) is 0 Å². The van der Waals surface area contributed by atoms with Gasteiger partial charge in [-0.05, 0) is 11.5 Å². The molecule has 0 spiro atoms. The van der Waals surface area contributed by atoms with Gasteiger partial charge in [0.1, 0.15) is 11.4 Å². The highest BCUT2D eigenvalue weighted by Gasteiger charge is 2.11. The third-order valence-electron chi connectivity index (χ3n) is 2.70. The number of carbonyl (C=O) groups is 1. The number of aromatic nitrogens is 3. The van der Waals surface area contributed by atoms with Crippen molar-refractivity contribution >= 4 is 16.7 Å². The summed E-state index contributed by atoms with van der Waals surface area (Å²) in [6.07, 6.45) is 2.97. The van der Waals surface area contributed by atoms with Gasteiger partial charge in [0.05, 0.1) is 6.20 Å². The number of H-pyrrole nitrogens is 1. The summed E-state index contributed by atoms with van der Waals surface area (Å²) in [4.78, 5) is 21.9. The van der Waals surface area contributed by atoms with E-state index in [1.165, 1.54) is 6.20 Å². The second-order valence-corrected chi connectivity index (χ2v) is 3.83. The number of nitrogens with one attached hydrogen (secondary N) is 1. The molecule has 0 fully saturated rings. The highest BCUT2D eigenvalue weighted by Crippen LogP contribution is 2.23. The van der Waals surface area contributed by atoms with Crippen LogP contribution in [0.2, 0.25) is 0 Å². The largest absolute Gasteiger partial charge is 0.477 e. The van der Waals surface area contributed by atoms with Gasteiger partial charge in [0.15, 0.2) is 5.82 Å². The first-order chi connectivity index (χ1) is 8.75. The van der Waals surface area contributed by atoms with Crippen molar-refractivity contribution in [2.24, 2.45) is 0 Å². The SMILES string of the molecule is O=C(O)c1cnc(-c2nccc3ccccc23)[nH]1. The first-order valence-corrected chi connectivity index (χ1v) is 5.38. The van der Waals surface area contributed by atoms with Gasteiger partial charge in [-0.15, -0.1) is 0 Å². The minimum Gasteiger partial charge on any atom is -0.477 e. The maximum absolute atomic E-state index is 10.8. The van der Waals surface area contributed by atoms with E-state index in [1.54, 1.807) is 6.20 Å². The smallest absolute Gasteiger partial charge is 0.353 e. The van der Waals surface area contributed by atoms with Crippen LogP contribution in [0.5, 0.6) is 0 Å². The molecular weight excluding hydrogens is 230 g/mol. The third-order valence-corrected chi connectivity index (χ3v) is 2.70. The van der Waals surface area contributed by atoms with Gasteiger partial charge in [0.2, 0.25) is 0 Å². The first kappa shape index (κ1) is 10.5. The number of imidazole rings is 1. The Hall–Kier alpha value is -2.69. The van der Waals surface area contributed by atoms with Crippen LogP contribution >= 0.6 is 0 Å². The van der Waals surface area contributed by atoms with Crippen LogP contribution < -0.4 is 0 Å². The molecule has 18 heavy (non-hydrogen) atoms. The Labute approximate surface area is 102 Å². The molecule has 0 amide bonds. The molecule has 2 N–H and O–H groups in total. The lowest BCUT2D eigenvalue weighted by Crippen LogP contribution is -1.96. The molecule has 0 aliphatic rings. The van der Waals surface area contributed by atoms with E-state index < -0.39 is 5.97 Å². The number of aromatic amines is 1. The second-order valence-electron chi connectivity index (χ2n) is 3.83. The summed E-state index contributed by atoms with van der Waals surface area (Å²) in [6, 6.07) is 9.66. The van der Waals surface area contributed by atoms with Crippen LogP contribution in [0, 0.1) is 0 Å². The normalized spacial score (nSPS) is 10.7. The maximum atomic E-state index is 10.8. The van der Waals surface area contributed by atoms with Crippen LogP contribution in [-0.4, -0.2) is 26.0 Å². The topological polar surface area (TPSA) is 78.9 Å². The number of benzene rings is 1. The number of hydrogen-bond acceptors (Lipinski definition) is 3. The average Bonchev–Trinajstić information content (AvgIpc) is 2.87. The molecule has 1 aromatic carbocycles. The summed E-state index contributed by atoms with van der Waals surface area (Å²) in [5.74, 6) is -0.571. The van der Waals surface area contributed by atoms with E-state index in [0.29, 0.717) is 11.5 Å². The molecule has 5 nitrogen and oxygen atoms in total. The van der Waals surface area contributed by atoms with E-state index >= 15 is 0 Å². The summed E-state index contributed by atoms with van der Waals surface area (Å²) >= 11 is 0. The van der Waals surface area contributed by atoms with Crippen LogP contribution in [0.3, 0.4) is 0 Å². The van der Waals surface area contributed by atoms with Gasteiger partial charge < -0.3 is 10.1 Å². The Bertz CT molecular complexity index is 728. The Morgan fingerprint density at radius 2 is 2.00 bits per heavy atom. The van der Waals surface area contributed by atoms with Crippen LogP contribution in [0.15, 0.2) is 42.7 Å². The number of carboxylic acids is 1. The number of hydrogen-bond donors (Lipinski definition) is 2. The molecule has 0 saturated carbocycles. The van der Waals surface area contributed by atoms with Gasteiger partial charge in [-0.25, -0.2) is 9.78 Å². The molecule has 5 heteroatoms. The molecule has 0 bridgehead atoms. The second kappa shape index (κ2) is 3.96. The monoisotopic (exact) mass is 239 g/mol. The zero-order valence-corrected chi connectivity index (χ0v) is 9.29. The molecule has 0 unspecified atom stereocenters. The fourth-order valence-electron chi connectivity index (χ4n) is 1.86. The summed E-state index contributed by atoms with van der Waals surface area (Å²) in [5, 5.41) is 10.8. The lowest BCUT2D eigenvalue weighted by Gasteiger charge is -2.02. The van der Waals surface area contributed by atoms with Crippen molar-refractivity contribution < 1.29 is 9.90 Å². The molecule has 0 radical (unpaired) electrons. The summed E-state index contributed by atoms with van der Waals surface area (Å²) in [7, 11) is 0. The fourth-order valence-corrected chi connectivity index (χ4v) is 1.86. The van der Waals surface area contributed by atoms with E-state index in [1.807, 2.05) is 30.3 Å². The first-order valence-electron chi connectivity index (χ1n) is 5.38. The standard InChI is InChI=1S/C13H9N3O2/c17-13(18)10-7-15-12(16-10)11-9-4-2-1-3-8(9)5-6-14-11/h1-7H,(H,15,16)(H,17,18). The van der Waals surface area contributed by atoms with Crippen LogP contribution in [0.25, 0.3) is 22.3 Å². The lowest BCUT2D eigenvalue weighted by molar-refractivity contribution is 0.0691. The van der Waals surface area contributed by atoms with E-state index in [2.05, 4.69) is 15.0 Å². The Morgan fingerprint density at radius 1 is 1.17 bits per heavy atom. The predicted octanol–water partition coefficient (Wildman–Crippen LogP) is 2.32.